The zero-order valence-electron chi connectivity index (χ0n) is 16.9. The van der Waals surface area contributed by atoms with Crippen LogP contribution in [0.5, 0.6) is 11.5 Å². The Morgan fingerprint density at radius 1 is 1.00 bits per heavy atom. The van der Waals surface area contributed by atoms with Crippen molar-refractivity contribution in [1.29, 1.82) is 0 Å². The fourth-order valence-corrected chi connectivity index (χ4v) is 3.78. The van der Waals surface area contributed by atoms with Gasteiger partial charge in [-0.15, -0.1) is 0 Å². The predicted molar refractivity (Wildman–Crippen MR) is 121 cm³/mol. The first kappa shape index (κ1) is 20.9. The molecule has 0 saturated carbocycles. The average Bonchev–Trinajstić information content (AvgIpc) is 2.72. The number of ether oxygens (including phenoxy) is 2. The molecule has 0 aliphatic heterocycles. The highest BCUT2D eigenvalue weighted by Crippen LogP contribution is 2.41. The van der Waals surface area contributed by atoms with Crippen LogP contribution in [0.3, 0.4) is 0 Å². The molecule has 0 aliphatic carbocycles. The summed E-state index contributed by atoms with van der Waals surface area (Å²) < 4.78 is 17.2. The minimum Gasteiger partial charge on any atom is -0.493 e. The van der Waals surface area contributed by atoms with Gasteiger partial charge < -0.3 is 13.9 Å². The zero-order chi connectivity index (χ0) is 21.0. The van der Waals surface area contributed by atoms with Crippen molar-refractivity contribution in [1.82, 2.24) is 0 Å². The summed E-state index contributed by atoms with van der Waals surface area (Å²) in [6.07, 6.45) is 4.01. The molecule has 4 nitrogen and oxygen atoms in total. The lowest BCUT2D eigenvalue weighted by Gasteiger charge is -2.16. The summed E-state index contributed by atoms with van der Waals surface area (Å²) in [6.45, 7) is 4.01. The van der Waals surface area contributed by atoms with Crippen molar-refractivity contribution in [2.24, 2.45) is 0 Å². The van der Waals surface area contributed by atoms with Crippen LogP contribution in [0.1, 0.15) is 36.7 Å². The summed E-state index contributed by atoms with van der Waals surface area (Å²) >= 11 is 3.54. The number of benzene rings is 2. The summed E-state index contributed by atoms with van der Waals surface area (Å²) in [7, 11) is 3.17. The predicted octanol–water partition coefficient (Wildman–Crippen LogP) is 6.38. The minimum absolute atomic E-state index is 0.0432. The molecule has 150 valence electrons. The van der Waals surface area contributed by atoms with E-state index in [4.69, 9.17) is 13.9 Å². The van der Waals surface area contributed by atoms with Crippen molar-refractivity contribution in [3.8, 4) is 22.6 Å². The average molecular weight is 455 g/mol. The number of hydrogen-bond donors (Lipinski definition) is 0. The van der Waals surface area contributed by atoms with E-state index in [-0.39, 0.29) is 11.5 Å². The molecule has 0 atom stereocenters. The molecule has 2 aromatic carbocycles. The molecule has 0 aliphatic rings. The van der Waals surface area contributed by atoms with Crippen molar-refractivity contribution in [2.45, 2.75) is 19.8 Å². The highest BCUT2D eigenvalue weighted by Gasteiger charge is 2.18. The molecule has 0 radical (unpaired) electrons. The Labute approximate surface area is 178 Å². The maximum Gasteiger partial charge on any atom is 0.336 e. The molecule has 3 aromatic rings. The molecular formula is C24H23BrO4. The second-order valence-corrected chi connectivity index (χ2v) is 7.70. The van der Waals surface area contributed by atoms with E-state index in [2.05, 4.69) is 15.9 Å². The smallest absolute Gasteiger partial charge is 0.336 e. The van der Waals surface area contributed by atoms with Gasteiger partial charge in [0, 0.05) is 17.5 Å². The first-order chi connectivity index (χ1) is 13.9. The van der Waals surface area contributed by atoms with E-state index >= 15 is 0 Å². The summed E-state index contributed by atoms with van der Waals surface area (Å²) in [5, 5.41) is 0. The van der Waals surface area contributed by atoms with Gasteiger partial charge in [0.05, 0.1) is 18.7 Å². The maximum atomic E-state index is 12.3. The summed E-state index contributed by atoms with van der Waals surface area (Å²) in [4.78, 5) is 12.3. The van der Waals surface area contributed by atoms with Crippen LogP contribution in [0.25, 0.3) is 23.3 Å². The number of hydrogen-bond acceptors (Lipinski definition) is 4. The molecular weight excluding hydrogens is 432 g/mol. The molecule has 1 aromatic heterocycles. The van der Waals surface area contributed by atoms with Crippen LogP contribution < -0.4 is 15.1 Å². The van der Waals surface area contributed by atoms with E-state index in [0.29, 0.717) is 17.3 Å². The highest BCUT2D eigenvalue weighted by atomic mass is 79.9. The quantitative estimate of drug-likeness (QED) is 0.433. The number of rotatable bonds is 6. The standard InChI is InChI=1S/C24H23BrO4/c1-15(2)23-18(11-10-16-8-6-5-7-9-16)19(14-22(26)29-23)17-12-20(25)24(28-4)21(13-17)27-3/h5-15H,1-4H3/b11-10+. The van der Waals surface area contributed by atoms with Gasteiger partial charge in [-0.25, -0.2) is 4.79 Å². The normalized spacial score (nSPS) is 11.2. The molecule has 3 rings (SSSR count). The summed E-state index contributed by atoms with van der Waals surface area (Å²) in [6, 6.07) is 15.3. The Bertz CT molecular complexity index is 1080. The van der Waals surface area contributed by atoms with Crippen LogP contribution in [0.15, 0.2) is 62.2 Å². The van der Waals surface area contributed by atoms with Crippen molar-refractivity contribution >= 4 is 28.1 Å². The Hall–Kier alpha value is -2.79. The molecule has 0 saturated heterocycles. The minimum atomic E-state index is -0.383. The van der Waals surface area contributed by atoms with E-state index < -0.39 is 0 Å². The Balaban J connectivity index is 2.25. The fourth-order valence-electron chi connectivity index (χ4n) is 3.18. The monoisotopic (exact) mass is 454 g/mol. The molecule has 0 bridgehead atoms. The third-order valence-corrected chi connectivity index (χ3v) is 5.13. The second kappa shape index (κ2) is 9.14. The van der Waals surface area contributed by atoms with Crippen LogP contribution in [0.2, 0.25) is 0 Å². The Morgan fingerprint density at radius 3 is 2.34 bits per heavy atom. The topological polar surface area (TPSA) is 48.7 Å². The van der Waals surface area contributed by atoms with Crippen molar-refractivity contribution < 1.29 is 13.9 Å². The van der Waals surface area contributed by atoms with Gasteiger partial charge >= 0.3 is 5.63 Å². The number of methoxy groups -OCH3 is 2. The van der Waals surface area contributed by atoms with Gasteiger partial charge in [-0.1, -0.05) is 56.3 Å². The van der Waals surface area contributed by atoms with Crippen LogP contribution in [0.4, 0.5) is 0 Å². The van der Waals surface area contributed by atoms with Gasteiger partial charge in [0.25, 0.3) is 0 Å². The number of halogens is 1. The van der Waals surface area contributed by atoms with Crippen molar-refractivity contribution in [3.63, 3.8) is 0 Å². The van der Waals surface area contributed by atoms with E-state index in [1.165, 1.54) is 6.07 Å². The fraction of sp³-hybridized carbons (Fsp3) is 0.208. The van der Waals surface area contributed by atoms with Crippen molar-refractivity contribution in [2.75, 3.05) is 14.2 Å². The van der Waals surface area contributed by atoms with E-state index in [1.807, 2.05) is 68.5 Å². The van der Waals surface area contributed by atoms with E-state index in [1.54, 1.807) is 14.2 Å². The Morgan fingerprint density at radius 2 is 1.72 bits per heavy atom. The highest BCUT2D eigenvalue weighted by molar-refractivity contribution is 9.10. The van der Waals surface area contributed by atoms with Crippen LogP contribution in [-0.4, -0.2) is 14.2 Å². The second-order valence-electron chi connectivity index (χ2n) is 6.85. The SMILES string of the molecule is COc1cc(-c2cc(=O)oc(C(C)C)c2/C=C/c2ccccc2)cc(Br)c1OC. The van der Waals surface area contributed by atoms with Gasteiger partial charge in [-0.05, 0) is 44.8 Å². The summed E-state index contributed by atoms with van der Waals surface area (Å²) in [5.41, 5.74) is 3.15. The van der Waals surface area contributed by atoms with E-state index in [0.717, 1.165) is 26.7 Å². The van der Waals surface area contributed by atoms with Gasteiger partial charge in [-0.2, -0.15) is 0 Å². The maximum absolute atomic E-state index is 12.3. The van der Waals surface area contributed by atoms with Gasteiger partial charge in [0.15, 0.2) is 11.5 Å². The van der Waals surface area contributed by atoms with Crippen LogP contribution in [-0.2, 0) is 0 Å². The molecule has 0 amide bonds. The summed E-state index contributed by atoms with van der Waals surface area (Å²) in [5.74, 6) is 1.87. The molecule has 29 heavy (non-hydrogen) atoms. The van der Waals surface area contributed by atoms with Crippen molar-refractivity contribution in [3.05, 3.63) is 80.3 Å². The molecule has 5 heteroatoms. The lowest BCUT2D eigenvalue weighted by molar-refractivity contribution is 0.353. The molecule has 0 fully saturated rings. The largest absolute Gasteiger partial charge is 0.493 e. The zero-order valence-corrected chi connectivity index (χ0v) is 18.4. The lowest BCUT2D eigenvalue weighted by Crippen LogP contribution is -2.06. The third kappa shape index (κ3) is 4.62. The molecule has 1 heterocycles. The van der Waals surface area contributed by atoms with Gasteiger partial charge in [0.1, 0.15) is 5.76 Å². The lowest BCUT2D eigenvalue weighted by atomic mass is 9.95. The van der Waals surface area contributed by atoms with Crippen LogP contribution in [0, 0.1) is 0 Å². The van der Waals surface area contributed by atoms with E-state index in [9.17, 15) is 4.79 Å². The Kier molecular flexibility index (Phi) is 6.60. The van der Waals surface area contributed by atoms with Crippen LogP contribution >= 0.6 is 15.9 Å². The molecule has 0 unspecified atom stereocenters. The molecule has 0 N–H and O–H groups in total. The first-order valence-electron chi connectivity index (χ1n) is 9.27. The van der Waals surface area contributed by atoms with Gasteiger partial charge in [0.2, 0.25) is 0 Å². The first-order valence-corrected chi connectivity index (χ1v) is 10.1. The third-order valence-electron chi connectivity index (χ3n) is 4.54. The molecule has 0 spiro atoms. The van der Waals surface area contributed by atoms with Gasteiger partial charge in [-0.3, -0.25) is 0 Å².